The fourth-order valence-electron chi connectivity index (χ4n) is 2.62. The van der Waals surface area contributed by atoms with E-state index in [9.17, 15) is 4.79 Å². The molecular formula is C15H26N4O2. The van der Waals surface area contributed by atoms with Crippen LogP contribution >= 0.6 is 0 Å². The zero-order valence-corrected chi connectivity index (χ0v) is 13.3. The van der Waals surface area contributed by atoms with Gasteiger partial charge in [-0.05, 0) is 19.4 Å². The molecule has 0 saturated carbocycles. The van der Waals surface area contributed by atoms with Gasteiger partial charge in [0.2, 0.25) is 11.8 Å². The summed E-state index contributed by atoms with van der Waals surface area (Å²) < 4.78 is 5.20. The predicted molar refractivity (Wildman–Crippen MR) is 80.0 cm³/mol. The van der Waals surface area contributed by atoms with Crippen LogP contribution in [-0.4, -0.2) is 46.6 Å². The summed E-state index contributed by atoms with van der Waals surface area (Å²) >= 11 is 0. The summed E-state index contributed by atoms with van der Waals surface area (Å²) in [5, 5.41) is 7.25. The van der Waals surface area contributed by atoms with Crippen LogP contribution in [0, 0.1) is 0 Å². The summed E-state index contributed by atoms with van der Waals surface area (Å²) in [4.78, 5) is 18.8. The van der Waals surface area contributed by atoms with E-state index in [0.717, 1.165) is 32.5 Å². The normalized spacial score (nSPS) is 18.4. The number of amides is 1. The smallest absolute Gasteiger partial charge is 0.227 e. The summed E-state index contributed by atoms with van der Waals surface area (Å²) in [5.74, 6) is 1.71. The van der Waals surface area contributed by atoms with E-state index in [1.807, 2.05) is 18.7 Å². The third-order valence-electron chi connectivity index (χ3n) is 3.81. The highest BCUT2D eigenvalue weighted by Crippen LogP contribution is 2.14. The molecule has 0 bridgehead atoms. The second kappa shape index (κ2) is 7.54. The van der Waals surface area contributed by atoms with Gasteiger partial charge >= 0.3 is 0 Å². The monoisotopic (exact) mass is 294 g/mol. The van der Waals surface area contributed by atoms with Crippen molar-refractivity contribution in [2.75, 3.05) is 19.6 Å². The van der Waals surface area contributed by atoms with E-state index in [0.29, 0.717) is 30.6 Å². The van der Waals surface area contributed by atoms with E-state index in [1.54, 1.807) is 0 Å². The van der Waals surface area contributed by atoms with Crippen LogP contribution in [0.3, 0.4) is 0 Å². The SMILES string of the molecule is CCCN(C(=O)CCc1nc(C(C)C)no1)C1CCNC1. The first-order chi connectivity index (χ1) is 10.1. The number of hydrogen-bond acceptors (Lipinski definition) is 5. The van der Waals surface area contributed by atoms with Crippen LogP contribution in [0.1, 0.15) is 57.7 Å². The van der Waals surface area contributed by atoms with Gasteiger partial charge in [-0.15, -0.1) is 0 Å². The van der Waals surface area contributed by atoms with Crippen molar-refractivity contribution in [2.45, 2.75) is 58.4 Å². The number of hydrogen-bond donors (Lipinski definition) is 1. The van der Waals surface area contributed by atoms with Gasteiger partial charge in [0.1, 0.15) is 0 Å². The Morgan fingerprint density at radius 3 is 2.90 bits per heavy atom. The molecule has 2 heterocycles. The van der Waals surface area contributed by atoms with E-state index >= 15 is 0 Å². The molecule has 1 amide bonds. The Morgan fingerprint density at radius 1 is 1.52 bits per heavy atom. The molecule has 1 N–H and O–H groups in total. The summed E-state index contributed by atoms with van der Waals surface area (Å²) in [6.07, 6.45) is 3.00. The number of rotatable bonds is 7. The zero-order chi connectivity index (χ0) is 15.2. The lowest BCUT2D eigenvalue weighted by Crippen LogP contribution is -2.42. The minimum absolute atomic E-state index is 0.190. The third kappa shape index (κ3) is 4.27. The fourth-order valence-corrected chi connectivity index (χ4v) is 2.62. The van der Waals surface area contributed by atoms with Gasteiger partial charge in [0.15, 0.2) is 5.82 Å². The number of carbonyl (C=O) groups excluding carboxylic acids is 1. The van der Waals surface area contributed by atoms with Gasteiger partial charge < -0.3 is 14.7 Å². The standard InChI is InChI=1S/C15H26N4O2/c1-4-9-19(12-7-8-16-10-12)14(20)6-5-13-17-15(11(2)3)18-21-13/h11-12,16H,4-10H2,1-3H3. The van der Waals surface area contributed by atoms with E-state index in [-0.39, 0.29) is 11.8 Å². The average Bonchev–Trinajstić information content (AvgIpc) is 3.13. The second-order valence-electron chi connectivity index (χ2n) is 5.93. The summed E-state index contributed by atoms with van der Waals surface area (Å²) in [6, 6.07) is 0.339. The number of carbonyl (C=O) groups is 1. The molecule has 2 rings (SSSR count). The molecule has 6 heteroatoms. The zero-order valence-electron chi connectivity index (χ0n) is 13.3. The summed E-state index contributed by atoms with van der Waals surface area (Å²) in [6.45, 7) is 8.89. The van der Waals surface area contributed by atoms with Gasteiger partial charge in [0, 0.05) is 37.9 Å². The number of aryl methyl sites for hydroxylation is 1. The molecule has 1 aliphatic heterocycles. The molecule has 0 radical (unpaired) electrons. The van der Waals surface area contributed by atoms with Crippen molar-refractivity contribution in [1.29, 1.82) is 0 Å². The first kappa shape index (κ1) is 15.9. The minimum atomic E-state index is 0.190. The van der Waals surface area contributed by atoms with E-state index < -0.39 is 0 Å². The van der Waals surface area contributed by atoms with Gasteiger partial charge in [-0.3, -0.25) is 4.79 Å². The predicted octanol–water partition coefficient (Wildman–Crippen LogP) is 1.73. The molecule has 0 aliphatic carbocycles. The van der Waals surface area contributed by atoms with Gasteiger partial charge in [-0.25, -0.2) is 0 Å². The van der Waals surface area contributed by atoms with Gasteiger partial charge in [0.25, 0.3) is 0 Å². The molecule has 118 valence electrons. The van der Waals surface area contributed by atoms with Crippen LogP contribution in [0.2, 0.25) is 0 Å². The largest absolute Gasteiger partial charge is 0.339 e. The van der Waals surface area contributed by atoms with Gasteiger partial charge in [-0.1, -0.05) is 25.9 Å². The number of nitrogens with zero attached hydrogens (tertiary/aromatic N) is 3. The summed E-state index contributed by atoms with van der Waals surface area (Å²) in [7, 11) is 0. The third-order valence-corrected chi connectivity index (χ3v) is 3.81. The molecule has 1 aromatic rings. The van der Waals surface area contributed by atoms with Crippen LogP contribution in [-0.2, 0) is 11.2 Å². The van der Waals surface area contributed by atoms with Gasteiger partial charge in [0.05, 0.1) is 0 Å². The van der Waals surface area contributed by atoms with E-state index in [2.05, 4.69) is 22.4 Å². The maximum absolute atomic E-state index is 12.4. The van der Waals surface area contributed by atoms with Crippen molar-refractivity contribution in [3.63, 3.8) is 0 Å². The Kier molecular flexibility index (Phi) is 5.73. The first-order valence-electron chi connectivity index (χ1n) is 7.94. The highest BCUT2D eigenvalue weighted by atomic mass is 16.5. The molecule has 21 heavy (non-hydrogen) atoms. The average molecular weight is 294 g/mol. The van der Waals surface area contributed by atoms with Crippen molar-refractivity contribution < 1.29 is 9.32 Å². The molecular weight excluding hydrogens is 268 g/mol. The highest BCUT2D eigenvalue weighted by Gasteiger charge is 2.25. The Hall–Kier alpha value is -1.43. The number of aromatic nitrogens is 2. The molecule has 1 unspecified atom stereocenters. The number of nitrogens with one attached hydrogen (secondary N) is 1. The lowest BCUT2D eigenvalue weighted by molar-refractivity contribution is -0.133. The van der Waals surface area contributed by atoms with Crippen LogP contribution in [0.4, 0.5) is 0 Å². The molecule has 1 saturated heterocycles. The molecule has 6 nitrogen and oxygen atoms in total. The van der Waals surface area contributed by atoms with Crippen LogP contribution in [0.5, 0.6) is 0 Å². The Labute approximate surface area is 126 Å². The minimum Gasteiger partial charge on any atom is -0.339 e. The quantitative estimate of drug-likeness (QED) is 0.829. The summed E-state index contributed by atoms with van der Waals surface area (Å²) in [5.41, 5.74) is 0. The Morgan fingerprint density at radius 2 is 2.33 bits per heavy atom. The lowest BCUT2D eigenvalue weighted by Gasteiger charge is -2.28. The van der Waals surface area contributed by atoms with Crippen molar-refractivity contribution >= 4 is 5.91 Å². The van der Waals surface area contributed by atoms with Crippen LogP contribution in [0.25, 0.3) is 0 Å². The maximum atomic E-state index is 12.4. The van der Waals surface area contributed by atoms with Crippen molar-refractivity contribution in [2.24, 2.45) is 0 Å². The molecule has 0 aromatic carbocycles. The van der Waals surface area contributed by atoms with Crippen LogP contribution < -0.4 is 5.32 Å². The Bertz CT molecular complexity index is 452. The van der Waals surface area contributed by atoms with Crippen molar-refractivity contribution in [3.05, 3.63) is 11.7 Å². The molecule has 1 aromatic heterocycles. The second-order valence-corrected chi connectivity index (χ2v) is 5.93. The van der Waals surface area contributed by atoms with E-state index in [4.69, 9.17) is 4.52 Å². The molecule has 1 aliphatic rings. The van der Waals surface area contributed by atoms with Crippen molar-refractivity contribution in [1.82, 2.24) is 20.4 Å². The van der Waals surface area contributed by atoms with Gasteiger partial charge in [-0.2, -0.15) is 4.98 Å². The maximum Gasteiger partial charge on any atom is 0.227 e. The molecule has 1 atom stereocenters. The highest BCUT2D eigenvalue weighted by molar-refractivity contribution is 5.76. The lowest BCUT2D eigenvalue weighted by atomic mass is 10.1. The topological polar surface area (TPSA) is 71.3 Å². The first-order valence-corrected chi connectivity index (χ1v) is 7.94. The van der Waals surface area contributed by atoms with E-state index in [1.165, 1.54) is 0 Å². The Balaban J connectivity index is 1.88. The van der Waals surface area contributed by atoms with Crippen LogP contribution in [0.15, 0.2) is 4.52 Å². The molecule has 1 fully saturated rings. The van der Waals surface area contributed by atoms with Crippen molar-refractivity contribution in [3.8, 4) is 0 Å². The molecule has 0 spiro atoms. The fraction of sp³-hybridized carbons (Fsp3) is 0.800.